The van der Waals surface area contributed by atoms with Crippen molar-refractivity contribution in [2.75, 3.05) is 30.3 Å². The summed E-state index contributed by atoms with van der Waals surface area (Å²) in [5.74, 6) is 1.22. The van der Waals surface area contributed by atoms with Gasteiger partial charge in [-0.15, -0.1) is 0 Å². The molecule has 0 fully saturated rings. The topological polar surface area (TPSA) is 93.1 Å². The molecule has 0 aliphatic carbocycles. The molecule has 18 heavy (non-hydrogen) atoms. The number of nitrogen functional groups attached to an aromatic ring is 1. The van der Waals surface area contributed by atoms with Gasteiger partial charge in [0.2, 0.25) is 0 Å². The summed E-state index contributed by atoms with van der Waals surface area (Å²) < 4.78 is 1.73. The van der Waals surface area contributed by atoms with Crippen molar-refractivity contribution in [2.45, 2.75) is 6.92 Å². The highest BCUT2D eigenvalue weighted by molar-refractivity contribution is 5.70. The molecular formula is C11H16N6O. The Bertz CT molecular complexity index is 498. The first-order valence-electron chi connectivity index (χ1n) is 5.72. The fraction of sp³-hybridized carbons (Fsp3) is 0.364. The smallest absolute Gasteiger partial charge is 0.166 e. The van der Waals surface area contributed by atoms with E-state index in [1.165, 1.54) is 6.33 Å². The minimum atomic E-state index is 0.0533. The van der Waals surface area contributed by atoms with Crippen molar-refractivity contribution in [3.63, 3.8) is 0 Å². The highest BCUT2D eigenvalue weighted by Gasteiger charge is 2.14. The molecule has 0 radical (unpaired) electrons. The van der Waals surface area contributed by atoms with Crippen molar-refractivity contribution in [3.8, 4) is 5.82 Å². The number of hydrogen-bond acceptors (Lipinski definition) is 6. The van der Waals surface area contributed by atoms with Crippen LogP contribution in [0, 0.1) is 0 Å². The second kappa shape index (κ2) is 5.46. The average Bonchev–Trinajstić information content (AvgIpc) is 2.90. The Kier molecular flexibility index (Phi) is 3.73. The summed E-state index contributed by atoms with van der Waals surface area (Å²) in [6, 6.07) is 0. The largest absolute Gasteiger partial charge is 0.395 e. The molecule has 7 heteroatoms. The van der Waals surface area contributed by atoms with Gasteiger partial charge in [0.1, 0.15) is 18.3 Å². The molecule has 0 bridgehead atoms. The predicted octanol–water partition coefficient (Wildman–Crippen LogP) is 0.0631. The SMILES string of the molecule is CCN(CCO)c1ncnc(-n2ccnc2)c1N. The molecule has 0 saturated heterocycles. The lowest BCUT2D eigenvalue weighted by Crippen LogP contribution is -2.28. The molecule has 7 nitrogen and oxygen atoms in total. The summed E-state index contributed by atoms with van der Waals surface area (Å²) in [4.78, 5) is 14.2. The van der Waals surface area contributed by atoms with Crippen molar-refractivity contribution < 1.29 is 5.11 Å². The van der Waals surface area contributed by atoms with Crippen LogP contribution in [-0.2, 0) is 0 Å². The molecule has 0 unspecified atom stereocenters. The summed E-state index contributed by atoms with van der Waals surface area (Å²) in [5, 5.41) is 9.03. The zero-order valence-electron chi connectivity index (χ0n) is 10.2. The molecule has 3 N–H and O–H groups in total. The molecule has 0 amide bonds. The molecule has 0 atom stereocenters. The first-order valence-corrected chi connectivity index (χ1v) is 5.72. The summed E-state index contributed by atoms with van der Waals surface area (Å²) in [6.07, 6.45) is 6.52. The van der Waals surface area contributed by atoms with Gasteiger partial charge >= 0.3 is 0 Å². The zero-order chi connectivity index (χ0) is 13.0. The lowest BCUT2D eigenvalue weighted by Gasteiger charge is -2.22. The van der Waals surface area contributed by atoms with Crippen LogP contribution < -0.4 is 10.6 Å². The number of aliphatic hydroxyl groups is 1. The van der Waals surface area contributed by atoms with E-state index in [1.54, 1.807) is 23.3 Å². The Morgan fingerprint density at radius 1 is 1.44 bits per heavy atom. The van der Waals surface area contributed by atoms with E-state index in [2.05, 4.69) is 15.0 Å². The van der Waals surface area contributed by atoms with E-state index in [0.29, 0.717) is 30.4 Å². The number of imidazole rings is 1. The lowest BCUT2D eigenvalue weighted by molar-refractivity contribution is 0.302. The van der Waals surface area contributed by atoms with E-state index in [-0.39, 0.29) is 6.61 Å². The number of aromatic nitrogens is 4. The molecule has 2 heterocycles. The van der Waals surface area contributed by atoms with Gasteiger partial charge in [-0.3, -0.25) is 4.57 Å². The second-order valence-electron chi connectivity index (χ2n) is 3.71. The Balaban J connectivity index is 2.41. The van der Waals surface area contributed by atoms with Gasteiger partial charge < -0.3 is 15.7 Å². The average molecular weight is 248 g/mol. The molecule has 0 aromatic carbocycles. The van der Waals surface area contributed by atoms with Crippen LogP contribution in [0.25, 0.3) is 5.82 Å². The minimum absolute atomic E-state index is 0.0533. The van der Waals surface area contributed by atoms with Crippen molar-refractivity contribution in [1.82, 2.24) is 19.5 Å². The van der Waals surface area contributed by atoms with Crippen molar-refractivity contribution in [1.29, 1.82) is 0 Å². The number of nitrogens with two attached hydrogens (primary N) is 1. The molecule has 0 saturated carbocycles. The highest BCUT2D eigenvalue weighted by atomic mass is 16.3. The Morgan fingerprint density at radius 2 is 2.28 bits per heavy atom. The monoisotopic (exact) mass is 248 g/mol. The minimum Gasteiger partial charge on any atom is -0.395 e. The third kappa shape index (κ3) is 2.25. The fourth-order valence-electron chi connectivity index (χ4n) is 1.75. The Morgan fingerprint density at radius 3 is 2.89 bits per heavy atom. The molecule has 2 rings (SSSR count). The molecular weight excluding hydrogens is 232 g/mol. The zero-order valence-corrected chi connectivity index (χ0v) is 10.2. The van der Waals surface area contributed by atoms with Gasteiger partial charge in [0.15, 0.2) is 11.6 Å². The summed E-state index contributed by atoms with van der Waals surface area (Å²) >= 11 is 0. The van der Waals surface area contributed by atoms with E-state index in [1.807, 2.05) is 11.8 Å². The van der Waals surface area contributed by atoms with Crippen molar-refractivity contribution in [2.24, 2.45) is 0 Å². The van der Waals surface area contributed by atoms with Crippen LogP contribution in [0.15, 0.2) is 25.0 Å². The summed E-state index contributed by atoms with van der Waals surface area (Å²) in [7, 11) is 0. The molecule has 0 spiro atoms. The normalized spacial score (nSPS) is 10.6. The summed E-state index contributed by atoms with van der Waals surface area (Å²) in [5.41, 5.74) is 6.56. The van der Waals surface area contributed by atoms with Gasteiger partial charge in [-0.25, -0.2) is 15.0 Å². The molecule has 2 aromatic rings. The van der Waals surface area contributed by atoms with Gasteiger partial charge in [-0.1, -0.05) is 0 Å². The Hall–Kier alpha value is -2.15. The van der Waals surface area contributed by atoms with E-state index in [9.17, 15) is 0 Å². The maximum Gasteiger partial charge on any atom is 0.166 e. The molecule has 96 valence electrons. The number of hydrogen-bond donors (Lipinski definition) is 2. The van der Waals surface area contributed by atoms with Crippen LogP contribution in [0.3, 0.4) is 0 Å². The van der Waals surface area contributed by atoms with Crippen LogP contribution in [0.1, 0.15) is 6.92 Å². The van der Waals surface area contributed by atoms with Crippen molar-refractivity contribution in [3.05, 3.63) is 25.0 Å². The quantitative estimate of drug-likeness (QED) is 0.777. The Labute approximate surface area is 105 Å². The summed E-state index contributed by atoms with van der Waals surface area (Å²) in [6.45, 7) is 3.23. The molecule has 2 aromatic heterocycles. The predicted molar refractivity (Wildman–Crippen MR) is 68.5 cm³/mol. The van der Waals surface area contributed by atoms with Crippen LogP contribution >= 0.6 is 0 Å². The number of likely N-dealkylation sites (N-methyl/N-ethyl adjacent to an activating group) is 1. The molecule has 0 aliphatic rings. The highest BCUT2D eigenvalue weighted by Crippen LogP contribution is 2.24. The lowest BCUT2D eigenvalue weighted by atomic mass is 10.3. The van der Waals surface area contributed by atoms with Gasteiger partial charge in [0.25, 0.3) is 0 Å². The van der Waals surface area contributed by atoms with Crippen LogP contribution in [-0.4, -0.2) is 44.3 Å². The third-order valence-corrected chi connectivity index (χ3v) is 2.64. The van der Waals surface area contributed by atoms with Gasteiger partial charge in [-0.2, -0.15) is 0 Å². The maximum atomic E-state index is 9.03. The third-order valence-electron chi connectivity index (χ3n) is 2.64. The fourth-order valence-corrected chi connectivity index (χ4v) is 1.75. The number of aliphatic hydroxyl groups excluding tert-OH is 1. The van der Waals surface area contributed by atoms with Crippen LogP contribution in [0.4, 0.5) is 11.5 Å². The number of rotatable bonds is 5. The van der Waals surface area contributed by atoms with Crippen LogP contribution in [0.5, 0.6) is 0 Å². The standard InChI is InChI=1S/C11H16N6O/c1-2-16(5-6-18)10-9(12)11(15-7-14-10)17-4-3-13-8-17/h3-4,7-8,18H,2,5-6,12H2,1H3. The van der Waals surface area contributed by atoms with Crippen molar-refractivity contribution >= 4 is 11.5 Å². The van der Waals surface area contributed by atoms with Gasteiger partial charge in [-0.05, 0) is 6.92 Å². The van der Waals surface area contributed by atoms with E-state index >= 15 is 0 Å². The van der Waals surface area contributed by atoms with Gasteiger partial charge in [0, 0.05) is 25.5 Å². The van der Waals surface area contributed by atoms with E-state index in [4.69, 9.17) is 10.8 Å². The van der Waals surface area contributed by atoms with E-state index in [0.717, 1.165) is 0 Å². The maximum absolute atomic E-state index is 9.03. The second-order valence-corrected chi connectivity index (χ2v) is 3.71. The van der Waals surface area contributed by atoms with Gasteiger partial charge in [0.05, 0.1) is 6.61 Å². The van der Waals surface area contributed by atoms with E-state index < -0.39 is 0 Å². The number of anilines is 2. The number of nitrogens with zero attached hydrogens (tertiary/aromatic N) is 5. The first-order chi connectivity index (χ1) is 8.77. The molecule has 0 aliphatic heterocycles. The van der Waals surface area contributed by atoms with Crippen LogP contribution in [0.2, 0.25) is 0 Å². The first kappa shape index (κ1) is 12.3.